The smallest absolute Gasteiger partial charge is 0.338 e. The topological polar surface area (TPSA) is 41.6 Å². The van der Waals surface area contributed by atoms with Crippen molar-refractivity contribution in [2.75, 3.05) is 37.7 Å². The minimum absolute atomic E-state index is 0.0678. The molecule has 2 rings (SSSR count). The van der Waals surface area contributed by atoms with Crippen molar-refractivity contribution < 1.29 is 18.3 Å². The van der Waals surface area contributed by atoms with Crippen LogP contribution in [0.2, 0.25) is 0 Å². The van der Waals surface area contributed by atoms with Gasteiger partial charge in [0, 0.05) is 19.6 Å². The Balaban J connectivity index is 2.28. The second-order valence-corrected chi connectivity index (χ2v) is 4.60. The molecule has 1 aromatic rings. The molecule has 0 aliphatic carbocycles. The number of nitrogens with one attached hydrogen (secondary N) is 1. The molecule has 1 saturated heterocycles. The number of anilines is 1. The number of carbonyl (C=O) groups excluding carboxylic acids is 1. The van der Waals surface area contributed by atoms with E-state index in [1.165, 1.54) is 0 Å². The average Bonchev–Trinajstić information content (AvgIpc) is 2.67. The predicted molar refractivity (Wildman–Crippen MR) is 72.0 cm³/mol. The SMILES string of the molecule is CCOC(=O)c1cc(F)c(N2CCCNCC2)c(F)c1. The van der Waals surface area contributed by atoms with Gasteiger partial charge in [-0.15, -0.1) is 0 Å². The number of halogens is 2. The fourth-order valence-electron chi connectivity index (χ4n) is 2.27. The van der Waals surface area contributed by atoms with Crippen molar-refractivity contribution in [3.8, 4) is 0 Å². The molecule has 1 aromatic carbocycles. The third-order valence-electron chi connectivity index (χ3n) is 3.18. The summed E-state index contributed by atoms with van der Waals surface area (Å²) in [5.74, 6) is -2.17. The van der Waals surface area contributed by atoms with Gasteiger partial charge in [-0.1, -0.05) is 0 Å². The quantitative estimate of drug-likeness (QED) is 0.861. The van der Waals surface area contributed by atoms with Crippen LogP contribution in [0.4, 0.5) is 14.5 Å². The molecule has 6 heteroatoms. The lowest BCUT2D eigenvalue weighted by atomic mass is 10.1. The fraction of sp³-hybridized carbons (Fsp3) is 0.500. The van der Waals surface area contributed by atoms with E-state index in [2.05, 4.69) is 5.32 Å². The minimum atomic E-state index is -0.727. The number of rotatable bonds is 3. The van der Waals surface area contributed by atoms with E-state index in [0.717, 1.165) is 25.1 Å². The first-order valence-corrected chi connectivity index (χ1v) is 6.75. The van der Waals surface area contributed by atoms with Crippen LogP contribution in [-0.2, 0) is 4.74 Å². The maximum atomic E-state index is 14.1. The molecular formula is C14H18F2N2O2. The number of hydrogen-bond donors (Lipinski definition) is 1. The van der Waals surface area contributed by atoms with Crippen LogP contribution in [0.15, 0.2) is 12.1 Å². The third-order valence-corrected chi connectivity index (χ3v) is 3.18. The highest BCUT2D eigenvalue weighted by Gasteiger charge is 2.21. The Hall–Kier alpha value is -1.69. The zero-order valence-corrected chi connectivity index (χ0v) is 11.4. The van der Waals surface area contributed by atoms with Crippen LogP contribution in [0.1, 0.15) is 23.7 Å². The third kappa shape index (κ3) is 3.25. The molecule has 0 unspecified atom stereocenters. The summed E-state index contributed by atoms with van der Waals surface area (Å²) in [4.78, 5) is 13.2. The summed E-state index contributed by atoms with van der Waals surface area (Å²) in [6.07, 6.45) is 0.818. The maximum absolute atomic E-state index is 14.1. The molecule has 1 fully saturated rings. The van der Waals surface area contributed by atoms with Crippen molar-refractivity contribution in [1.29, 1.82) is 0 Å². The first-order chi connectivity index (χ1) is 9.63. The van der Waals surface area contributed by atoms with Crippen molar-refractivity contribution in [1.82, 2.24) is 5.32 Å². The Morgan fingerprint density at radius 2 is 2.00 bits per heavy atom. The standard InChI is InChI=1S/C14H18F2N2O2/c1-2-20-14(19)10-8-11(15)13(12(16)9-10)18-6-3-4-17-5-7-18/h8-9,17H,2-7H2,1H3. The summed E-state index contributed by atoms with van der Waals surface area (Å²) < 4.78 is 33.0. The van der Waals surface area contributed by atoms with Gasteiger partial charge in [-0.05, 0) is 32.0 Å². The summed E-state index contributed by atoms with van der Waals surface area (Å²) in [6.45, 7) is 4.44. The normalized spacial score (nSPS) is 15.8. The summed E-state index contributed by atoms with van der Waals surface area (Å²) >= 11 is 0. The molecule has 0 atom stereocenters. The second kappa shape index (κ2) is 6.65. The van der Waals surface area contributed by atoms with E-state index in [0.29, 0.717) is 19.6 Å². The number of carbonyl (C=O) groups is 1. The number of nitrogens with zero attached hydrogens (tertiary/aromatic N) is 1. The lowest BCUT2D eigenvalue weighted by molar-refractivity contribution is 0.0525. The fourth-order valence-corrected chi connectivity index (χ4v) is 2.27. The first kappa shape index (κ1) is 14.7. The molecule has 0 amide bonds. The average molecular weight is 284 g/mol. The number of hydrogen-bond acceptors (Lipinski definition) is 4. The van der Waals surface area contributed by atoms with E-state index < -0.39 is 17.6 Å². The van der Waals surface area contributed by atoms with Gasteiger partial charge in [-0.25, -0.2) is 13.6 Å². The molecule has 0 aromatic heterocycles. The highest BCUT2D eigenvalue weighted by molar-refractivity contribution is 5.90. The number of ether oxygens (including phenoxy) is 1. The van der Waals surface area contributed by atoms with Crippen molar-refractivity contribution in [3.63, 3.8) is 0 Å². The van der Waals surface area contributed by atoms with Gasteiger partial charge in [-0.2, -0.15) is 0 Å². The lowest BCUT2D eigenvalue weighted by Gasteiger charge is -2.23. The molecule has 0 radical (unpaired) electrons. The number of esters is 1. The summed E-state index contributed by atoms with van der Waals surface area (Å²) in [5.41, 5.74) is -0.166. The molecule has 0 saturated carbocycles. The molecule has 0 spiro atoms. The van der Waals surface area contributed by atoms with Crippen LogP contribution in [0.25, 0.3) is 0 Å². The monoisotopic (exact) mass is 284 g/mol. The van der Waals surface area contributed by atoms with E-state index in [1.54, 1.807) is 11.8 Å². The predicted octanol–water partition coefficient (Wildman–Crippen LogP) is 1.94. The molecule has 1 aliphatic heterocycles. The Kier molecular flexibility index (Phi) is 4.89. The van der Waals surface area contributed by atoms with Crippen molar-refractivity contribution in [2.24, 2.45) is 0 Å². The molecule has 110 valence electrons. The minimum Gasteiger partial charge on any atom is -0.462 e. The van der Waals surface area contributed by atoms with Crippen molar-refractivity contribution in [2.45, 2.75) is 13.3 Å². The summed E-state index contributed by atoms with van der Waals surface area (Å²) in [7, 11) is 0. The van der Waals surface area contributed by atoms with E-state index >= 15 is 0 Å². The summed E-state index contributed by atoms with van der Waals surface area (Å²) in [5, 5.41) is 3.17. The van der Waals surface area contributed by atoms with Gasteiger partial charge in [0.25, 0.3) is 0 Å². The number of benzene rings is 1. The highest BCUT2D eigenvalue weighted by atomic mass is 19.1. The first-order valence-electron chi connectivity index (χ1n) is 6.75. The second-order valence-electron chi connectivity index (χ2n) is 4.60. The van der Waals surface area contributed by atoms with Crippen LogP contribution in [0.5, 0.6) is 0 Å². The van der Waals surface area contributed by atoms with E-state index in [1.807, 2.05) is 0 Å². The molecule has 1 heterocycles. The van der Waals surface area contributed by atoms with Gasteiger partial charge in [0.05, 0.1) is 12.2 Å². The van der Waals surface area contributed by atoms with Crippen LogP contribution < -0.4 is 10.2 Å². The molecule has 1 N–H and O–H groups in total. The zero-order chi connectivity index (χ0) is 14.5. The van der Waals surface area contributed by atoms with E-state index in [4.69, 9.17) is 4.74 Å². The van der Waals surface area contributed by atoms with Crippen LogP contribution in [0, 0.1) is 11.6 Å². The zero-order valence-electron chi connectivity index (χ0n) is 11.4. The van der Waals surface area contributed by atoms with Gasteiger partial charge in [-0.3, -0.25) is 0 Å². The van der Waals surface area contributed by atoms with Gasteiger partial charge in [0.15, 0.2) is 0 Å². The lowest BCUT2D eigenvalue weighted by Crippen LogP contribution is -2.29. The van der Waals surface area contributed by atoms with Gasteiger partial charge >= 0.3 is 5.97 Å². The van der Waals surface area contributed by atoms with Gasteiger partial charge < -0.3 is 15.0 Å². The summed E-state index contributed by atoms with van der Waals surface area (Å²) in [6, 6.07) is 2.07. The molecule has 0 bridgehead atoms. The van der Waals surface area contributed by atoms with E-state index in [-0.39, 0.29) is 17.9 Å². The largest absolute Gasteiger partial charge is 0.462 e. The van der Waals surface area contributed by atoms with Gasteiger partial charge in [0.2, 0.25) is 0 Å². The van der Waals surface area contributed by atoms with Crippen molar-refractivity contribution in [3.05, 3.63) is 29.3 Å². The van der Waals surface area contributed by atoms with Crippen molar-refractivity contribution >= 4 is 11.7 Å². The van der Waals surface area contributed by atoms with E-state index in [9.17, 15) is 13.6 Å². The Bertz CT molecular complexity index is 463. The molecule has 20 heavy (non-hydrogen) atoms. The Labute approximate surface area is 116 Å². The van der Waals surface area contributed by atoms with Crippen LogP contribution in [0.3, 0.4) is 0 Å². The van der Waals surface area contributed by atoms with Gasteiger partial charge in [0.1, 0.15) is 17.3 Å². The maximum Gasteiger partial charge on any atom is 0.338 e. The molecule has 4 nitrogen and oxygen atoms in total. The Morgan fingerprint density at radius 3 is 2.65 bits per heavy atom. The van der Waals surface area contributed by atoms with Crippen LogP contribution in [-0.4, -0.2) is 38.8 Å². The van der Waals surface area contributed by atoms with Crippen LogP contribution >= 0.6 is 0 Å². The molecular weight excluding hydrogens is 266 g/mol. The molecule has 1 aliphatic rings. The Morgan fingerprint density at radius 1 is 1.30 bits per heavy atom. The highest BCUT2D eigenvalue weighted by Crippen LogP contribution is 2.26.